The smallest absolute Gasteiger partial charge is 0.347 e. The quantitative estimate of drug-likeness (QED) is 0.254. The monoisotopic (exact) mass is 576 g/mol. The zero-order chi connectivity index (χ0) is 24.0. The van der Waals surface area contributed by atoms with E-state index < -0.39 is 44.9 Å². The second kappa shape index (κ2) is 7.24. The third-order valence-corrected chi connectivity index (χ3v) is 8.92. The lowest BCUT2D eigenvalue weighted by molar-refractivity contribution is -0.138. The number of benzene rings is 1. The maximum Gasteiger partial charge on any atom is 0.347 e. The van der Waals surface area contributed by atoms with Gasteiger partial charge in [0, 0.05) is 30.0 Å². The number of likely N-dealkylation sites (tertiary alicyclic amines) is 1. The summed E-state index contributed by atoms with van der Waals surface area (Å²) in [6.07, 6.45) is 1.48. The molecule has 9 nitrogen and oxygen atoms in total. The molecule has 3 heterocycles. The predicted octanol–water partition coefficient (Wildman–Crippen LogP) is 2.05. The SMILES string of the molecule is Cn1c(=O)n2n(c1=O)[C@@H]1C[C@@]3(Cl)C(=O)N(CBr)C(=O)[C@@]3(Cl)[C@@H](c3cc(Cl)ccc3O)C1=CC2. The van der Waals surface area contributed by atoms with Crippen molar-refractivity contribution in [3.05, 3.63) is 61.4 Å². The fourth-order valence-electron chi connectivity index (χ4n) is 5.23. The number of phenolic OH excluding ortho intramolecular Hbond substituents is 1. The van der Waals surface area contributed by atoms with Gasteiger partial charge in [0.1, 0.15) is 5.75 Å². The molecule has 2 fully saturated rings. The van der Waals surface area contributed by atoms with Crippen LogP contribution in [0.1, 0.15) is 23.9 Å². The topological polar surface area (TPSA) is 107 Å². The van der Waals surface area contributed by atoms with Gasteiger partial charge in [0.15, 0.2) is 9.75 Å². The second-order valence-electron chi connectivity index (χ2n) is 8.28. The zero-order valence-electron chi connectivity index (χ0n) is 17.0. The summed E-state index contributed by atoms with van der Waals surface area (Å²) in [6, 6.07) is 3.42. The van der Waals surface area contributed by atoms with Crippen LogP contribution in [0.4, 0.5) is 0 Å². The molecule has 1 N–H and O–H groups in total. The summed E-state index contributed by atoms with van der Waals surface area (Å²) < 4.78 is 3.44. The van der Waals surface area contributed by atoms with Crippen LogP contribution in [0.15, 0.2) is 39.4 Å². The number of alkyl halides is 3. The average Bonchev–Trinajstić information content (AvgIpc) is 3.08. The molecule has 13 heteroatoms. The number of aromatic nitrogens is 3. The Balaban J connectivity index is 1.85. The van der Waals surface area contributed by atoms with Crippen LogP contribution in [-0.2, 0) is 23.2 Å². The molecule has 3 aliphatic rings. The van der Waals surface area contributed by atoms with E-state index in [9.17, 15) is 24.3 Å². The van der Waals surface area contributed by atoms with Crippen LogP contribution in [0.3, 0.4) is 0 Å². The molecule has 2 aliphatic heterocycles. The van der Waals surface area contributed by atoms with Gasteiger partial charge in [0.25, 0.3) is 11.8 Å². The van der Waals surface area contributed by atoms with Crippen LogP contribution < -0.4 is 11.4 Å². The molecule has 4 atom stereocenters. The van der Waals surface area contributed by atoms with Crippen LogP contribution in [0, 0.1) is 0 Å². The summed E-state index contributed by atoms with van der Waals surface area (Å²) in [5.41, 5.74) is -0.581. The molecule has 0 spiro atoms. The first kappa shape index (κ1) is 22.8. The van der Waals surface area contributed by atoms with Crippen molar-refractivity contribution in [2.24, 2.45) is 7.05 Å². The summed E-state index contributed by atoms with van der Waals surface area (Å²) in [6.45, 7) is 0.0329. The number of halogens is 4. The first-order valence-corrected chi connectivity index (χ1v) is 12.1. The van der Waals surface area contributed by atoms with E-state index in [0.29, 0.717) is 5.57 Å². The first-order chi connectivity index (χ1) is 15.5. The third-order valence-electron chi connectivity index (χ3n) is 6.77. The van der Waals surface area contributed by atoms with E-state index in [0.717, 1.165) is 9.47 Å². The average molecular weight is 579 g/mol. The molecule has 1 saturated carbocycles. The molecule has 33 heavy (non-hydrogen) atoms. The molecule has 0 bridgehead atoms. The molecule has 1 saturated heterocycles. The van der Waals surface area contributed by atoms with Gasteiger partial charge in [0.05, 0.1) is 18.0 Å². The molecular formula is C20H16BrCl3N4O5. The number of carbonyl (C=O) groups is 2. The summed E-state index contributed by atoms with van der Waals surface area (Å²) in [5.74, 6) is -2.76. The molecule has 1 aromatic heterocycles. The van der Waals surface area contributed by atoms with Crippen molar-refractivity contribution in [1.82, 2.24) is 18.8 Å². The van der Waals surface area contributed by atoms with Gasteiger partial charge >= 0.3 is 11.4 Å². The molecule has 2 aromatic rings. The number of phenols is 1. The van der Waals surface area contributed by atoms with Gasteiger partial charge in [-0.3, -0.25) is 14.5 Å². The van der Waals surface area contributed by atoms with Crippen molar-refractivity contribution in [2.45, 2.75) is 34.7 Å². The van der Waals surface area contributed by atoms with Crippen molar-refractivity contribution in [1.29, 1.82) is 0 Å². The van der Waals surface area contributed by atoms with Crippen LogP contribution in [0.2, 0.25) is 5.02 Å². The number of hydrogen-bond donors (Lipinski definition) is 1. The van der Waals surface area contributed by atoms with Gasteiger partial charge in [-0.05, 0) is 23.8 Å². The van der Waals surface area contributed by atoms with Crippen molar-refractivity contribution < 1.29 is 14.7 Å². The number of nitrogens with zero attached hydrogens (tertiary/aromatic N) is 4. The minimum absolute atomic E-state index is 0.0329. The summed E-state index contributed by atoms with van der Waals surface area (Å²) >= 11 is 23.3. The highest BCUT2D eigenvalue weighted by molar-refractivity contribution is 9.09. The molecular weight excluding hydrogens is 563 g/mol. The molecule has 174 valence electrons. The van der Waals surface area contributed by atoms with Crippen LogP contribution in [0.25, 0.3) is 0 Å². The highest BCUT2D eigenvalue weighted by Crippen LogP contribution is 2.64. The van der Waals surface area contributed by atoms with Crippen LogP contribution in [0.5, 0.6) is 5.75 Å². The minimum Gasteiger partial charge on any atom is -0.508 e. The Morgan fingerprint density at radius 2 is 1.85 bits per heavy atom. The molecule has 5 rings (SSSR count). The Bertz CT molecular complexity index is 1400. The van der Waals surface area contributed by atoms with Crippen molar-refractivity contribution in [3.8, 4) is 5.75 Å². The van der Waals surface area contributed by atoms with E-state index >= 15 is 0 Å². The van der Waals surface area contributed by atoms with Crippen LogP contribution >= 0.6 is 50.7 Å². The second-order valence-corrected chi connectivity index (χ2v) is 10.5. The number of imide groups is 1. The van der Waals surface area contributed by atoms with Crippen molar-refractivity contribution in [2.75, 3.05) is 5.45 Å². The van der Waals surface area contributed by atoms with E-state index in [4.69, 9.17) is 34.8 Å². The Morgan fingerprint density at radius 1 is 1.15 bits per heavy atom. The van der Waals surface area contributed by atoms with E-state index in [1.54, 1.807) is 6.08 Å². The number of carbonyl (C=O) groups excluding carboxylic acids is 2. The highest BCUT2D eigenvalue weighted by Gasteiger charge is 2.75. The van der Waals surface area contributed by atoms with Gasteiger partial charge in [-0.2, -0.15) is 0 Å². The molecule has 0 radical (unpaired) electrons. The Labute approximate surface area is 209 Å². The van der Waals surface area contributed by atoms with Gasteiger partial charge in [-0.25, -0.2) is 23.5 Å². The lowest BCUT2D eigenvalue weighted by atomic mass is 9.64. The van der Waals surface area contributed by atoms with Gasteiger partial charge < -0.3 is 5.11 Å². The Hall–Kier alpha value is -2.01. The number of fused-ring (bicyclic) bond motifs is 4. The van der Waals surface area contributed by atoms with E-state index in [1.807, 2.05) is 0 Å². The summed E-state index contributed by atoms with van der Waals surface area (Å²) in [5, 5.41) is 11.0. The minimum atomic E-state index is -2.01. The van der Waals surface area contributed by atoms with Gasteiger partial charge in [-0.1, -0.05) is 33.6 Å². The molecule has 1 aromatic carbocycles. The largest absolute Gasteiger partial charge is 0.508 e. The Kier molecular flexibility index (Phi) is 5.00. The number of allylic oxidation sites excluding steroid dienone is 2. The normalized spacial score (nSPS) is 30.7. The number of rotatable bonds is 2. The standard InChI is InChI=1S/C20H16BrCl3N4O5/c1-25-17(32)27-5-4-10-12(28(27)18(25)33)7-19(23)15(30)26(8-21)16(31)20(19,24)14(10)11-6-9(22)2-3-13(11)29/h2-4,6,12,14,29H,5,7-8H2,1H3/t12-,14-,19-,20+/m1/s1. The molecule has 0 unspecified atom stereocenters. The van der Waals surface area contributed by atoms with Crippen molar-refractivity contribution in [3.63, 3.8) is 0 Å². The Morgan fingerprint density at radius 3 is 2.52 bits per heavy atom. The lowest BCUT2D eigenvalue weighted by Crippen LogP contribution is -2.59. The van der Waals surface area contributed by atoms with E-state index in [1.165, 1.54) is 34.6 Å². The van der Waals surface area contributed by atoms with Crippen LogP contribution in [-0.4, -0.2) is 51.0 Å². The predicted molar refractivity (Wildman–Crippen MR) is 124 cm³/mol. The maximum absolute atomic E-state index is 13.5. The number of amides is 2. The summed E-state index contributed by atoms with van der Waals surface area (Å²) in [7, 11) is 1.35. The van der Waals surface area contributed by atoms with E-state index in [-0.39, 0.29) is 34.8 Å². The highest BCUT2D eigenvalue weighted by atomic mass is 79.9. The number of aromatic hydroxyl groups is 1. The maximum atomic E-state index is 13.5. The first-order valence-electron chi connectivity index (χ1n) is 9.86. The molecule has 2 amide bonds. The fraction of sp³-hybridized carbons (Fsp3) is 0.400. The van der Waals surface area contributed by atoms with E-state index in [2.05, 4.69) is 15.9 Å². The third kappa shape index (κ3) is 2.66. The zero-order valence-corrected chi connectivity index (χ0v) is 20.8. The number of hydrogen-bond acceptors (Lipinski definition) is 5. The van der Waals surface area contributed by atoms with Gasteiger partial charge in [0.2, 0.25) is 0 Å². The van der Waals surface area contributed by atoms with Gasteiger partial charge in [-0.15, -0.1) is 23.2 Å². The summed E-state index contributed by atoms with van der Waals surface area (Å²) in [4.78, 5) is 49.4. The van der Waals surface area contributed by atoms with Crippen molar-refractivity contribution >= 4 is 62.5 Å². The molecule has 1 aliphatic carbocycles. The fourth-order valence-corrected chi connectivity index (χ4v) is 6.80. The lowest BCUT2D eigenvalue weighted by Gasteiger charge is -2.49.